The van der Waals surface area contributed by atoms with E-state index in [4.69, 9.17) is 10.4 Å². The second kappa shape index (κ2) is 7.25. The highest BCUT2D eigenvalue weighted by molar-refractivity contribution is 7.86. The first-order chi connectivity index (χ1) is 10.4. The fraction of sp³-hybridized carbons (Fsp3) is 0.438. The molecule has 6 nitrogen and oxygen atoms in total. The van der Waals surface area contributed by atoms with E-state index >= 15 is 0 Å². The molecule has 128 valence electrons. The molecule has 1 aliphatic heterocycles. The lowest BCUT2D eigenvalue weighted by molar-refractivity contribution is 0.383. The third-order valence-corrected chi connectivity index (χ3v) is 4.66. The van der Waals surface area contributed by atoms with Crippen LogP contribution in [0.4, 0.5) is 0 Å². The number of hydrogen-bond donors (Lipinski definition) is 2. The topological polar surface area (TPSA) is 96.0 Å². The van der Waals surface area contributed by atoms with Gasteiger partial charge in [-0.25, -0.2) is 10.8 Å². The average molecular weight is 339 g/mol. The third-order valence-electron chi connectivity index (χ3n) is 3.50. The molecule has 0 fully saturated rings. The van der Waals surface area contributed by atoms with Crippen molar-refractivity contribution < 1.29 is 13.0 Å². The third kappa shape index (κ3) is 5.16. The van der Waals surface area contributed by atoms with Gasteiger partial charge in [-0.3, -0.25) is 9.56 Å². The summed E-state index contributed by atoms with van der Waals surface area (Å²) in [5.41, 5.74) is 3.20. The van der Waals surface area contributed by atoms with E-state index in [9.17, 15) is 8.42 Å². The molecule has 1 atom stereocenters. The van der Waals surface area contributed by atoms with Crippen LogP contribution in [0.15, 0.2) is 33.8 Å². The number of hydrogen-bond acceptors (Lipinski definition) is 5. The normalized spacial score (nSPS) is 17.9. The van der Waals surface area contributed by atoms with Gasteiger partial charge in [0.1, 0.15) is 5.84 Å². The predicted octanol–water partition coefficient (Wildman–Crippen LogP) is 2.74. The maximum atomic E-state index is 10.9. The minimum Gasteiger partial charge on any atom is -0.292 e. The summed E-state index contributed by atoms with van der Waals surface area (Å²) in [5, 5.41) is 1.66. The van der Waals surface area contributed by atoms with E-state index in [-0.39, 0.29) is 10.9 Å². The average Bonchev–Trinajstić information content (AvgIpc) is 2.33. The molecule has 0 spiro atoms. The van der Waals surface area contributed by atoms with Crippen molar-refractivity contribution in [2.75, 3.05) is 0 Å². The van der Waals surface area contributed by atoms with Crippen molar-refractivity contribution in [3.63, 3.8) is 0 Å². The molecule has 0 bridgehead atoms. The molecule has 0 aliphatic carbocycles. The largest absolute Gasteiger partial charge is 0.295 e. The Labute approximate surface area is 138 Å². The molecular weight excluding hydrogens is 314 g/mol. The van der Waals surface area contributed by atoms with Gasteiger partial charge < -0.3 is 0 Å². The molecule has 1 heterocycles. The summed E-state index contributed by atoms with van der Waals surface area (Å²) in [7, 11) is -4.08. The van der Waals surface area contributed by atoms with Crippen LogP contribution in [-0.4, -0.2) is 29.9 Å². The van der Waals surface area contributed by atoms with Crippen molar-refractivity contribution in [1.29, 1.82) is 0 Å². The van der Waals surface area contributed by atoms with E-state index in [1.165, 1.54) is 0 Å². The molecule has 23 heavy (non-hydrogen) atoms. The maximum Gasteiger partial charge on any atom is 0.295 e. The smallest absolute Gasteiger partial charge is 0.292 e. The summed E-state index contributed by atoms with van der Waals surface area (Å²) in [5.74, 6) is 6.52. The number of hydrazine groups is 1. The fourth-order valence-corrected chi connectivity index (χ4v) is 3.58. The van der Waals surface area contributed by atoms with Crippen LogP contribution in [0.25, 0.3) is 0 Å². The minimum absolute atomic E-state index is 0.0260. The fourth-order valence-electron chi connectivity index (χ4n) is 2.65. The Hall–Kier alpha value is -1.70. The van der Waals surface area contributed by atoms with Gasteiger partial charge in [0.25, 0.3) is 10.1 Å². The number of aliphatic imine (C=N–C) groups is 1. The van der Waals surface area contributed by atoms with Gasteiger partial charge in [-0.1, -0.05) is 17.7 Å². The summed E-state index contributed by atoms with van der Waals surface area (Å²) in [4.78, 5) is 4.22. The molecule has 1 aliphatic rings. The summed E-state index contributed by atoms with van der Waals surface area (Å²) in [6.07, 6.45) is 2.03. The molecule has 0 saturated heterocycles. The van der Waals surface area contributed by atoms with Crippen LogP contribution < -0.4 is 5.84 Å². The van der Waals surface area contributed by atoms with Crippen LogP contribution in [0.3, 0.4) is 0 Å². The van der Waals surface area contributed by atoms with Gasteiger partial charge in [0.05, 0.1) is 10.9 Å². The Morgan fingerprint density at radius 3 is 2.00 bits per heavy atom. The molecule has 1 aromatic carbocycles. The van der Waals surface area contributed by atoms with Crippen molar-refractivity contribution in [3.05, 3.63) is 40.6 Å². The highest BCUT2D eigenvalue weighted by Crippen LogP contribution is 2.20. The first-order valence-corrected chi connectivity index (χ1v) is 8.70. The number of nitrogens with two attached hydrogens (primary N) is 1. The van der Waals surface area contributed by atoms with Crippen LogP contribution in [0.2, 0.25) is 0 Å². The van der Waals surface area contributed by atoms with E-state index in [0.29, 0.717) is 11.1 Å². The number of nitrogens with zero attached hydrogens (tertiary/aromatic N) is 2. The van der Waals surface area contributed by atoms with E-state index in [1.807, 2.05) is 33.8 Å². The van der Waals surface area contributed by atoms with Crippen molar-refractivity contribution in [3.8, 4) is 0 Å². The maximum absolute atomic E-state index is 10.9. The van der Waals surface area contributed by atoms with Crippen LogP contribution in [0.5, 0.6) is 0 Å². The SMILES string of the molecule is CC1=CC(C)N(N)C(C)=N1.Cc1cc(C)c(S(=O)(=O)O)c(C)c1. The number of aryl methyl sites for hydroxylation is 3. The van der Waals surface area contributed by atoms with Gasteiger partial charge >= 0.3 is 0 Å². The highest BCUT2D eigenvalue weighted by atomic mass is 32.2. The second-order valence-corrected chi connectivity index (χ2v) is 7.18. The Balaban J connectivity index is 0.000000238. The first kappa shape index (κ1) is 19.3. The summed E-state index contributed by atoms with van der Waals surface area (Å²) in [6, 6.07) is 3.74. The summed E-state index contributed by atoms with van der Waals surface area (Å²) >= 11 is 0. The van der Waals surface area contributed by atoms with E-state index in [1.54, 1.807) is 31.0 Å². The molecule has 1 aromatic rings. The lowest BCUT2D eigenvalue weighted by atomic mass is 10.1. The van der Waals surface area contributed by atoms with Gasteiger partial charge in [0, 0.05) is 5.70 Å². The molecular formula is C16H25N3O3S. The minimum atomic E-state index is -4.08. The van der Waals surface area contributed by atoms with Crippen molar-refractivity contribution in [2.24, 2.45) is 10.8 Å². The lowest BCUT2D eigenvalue weighted by Crippen LogP contribution is -2.43. The van der Waals surface area contributed by atoms with Gasteiger partial charge in [-0.2, -0.15) is 8.42 Å². The standard InChI is InChI=1S/C9H12O3S.C7H13N3/c1-6-4-7(2)9(8(3)5-6)13(10,11)12;1-5-4-6(2)10(8)7(3)9-5/h4-5H,1-3H3,(H,10,11,12);4,6H,8H2,1-3H3. The number of benzene rings is 1. The Morgan fingerprint density at radius 2 is 1.61 bits per heavy atom. The van der Waals surface area contributed by atoms with Crippen molar-refractivity contribution >= 4 is 16.0 Å². The van der Waals surface area contributed by atoms with Crippen molar-refractivity contribution in [2.45, 2.75) is 52.5 Å². The highest BCUT2D eigenvalue weighted by Gasteiger charge is 2.16. The molecule has 0 saturated carbocycles. The lowest BCUT2D eigenvalue weighted by Gasteiger charge is -2.26. The van der Waals surface area contributed by atoms with Gasteiger partial charge in [-0.05, 0) is 58.7 Å². The number of rotatable bonds is 1. The summed E-state index contributed by atoms with van der Waals surface area (Å²) < 4.78 is 30.8. The monoisotopic (exact) mass is 339 g/mol. The zero-order valence-corrected chi connectivity index (χ0v) is 15.3. The molecule has 7 heteroatoms. The molecule has 0 aromatic heterocycles. The molecule has 0 amide bonds. The quantitative estimate of drug-likeness (QED) is 0.606. The Kier molecular flexibility index (Phi) is 6.10. The summed E-state index contributed by atoms with van der Waals surface area (Å²) in [6.45, 7) is 11.2. The zero-order chi connectivity index (χ0) is 17.9. The van der Waals surface area contributed by atoms with Crippen LogP contribution in [-0.2, 0) is 10.1 Å². The molecule has 0 radical (unpaired) electrons. The number of amidine groups is 1. The number of allylic oxidation sites excluding steroid dienone is 1. The Bertz CT molecular complexity index is 729. The van der Waals surface area contributed by atoms with Crippen LogP contribution >= 0.6 is 0 Å². The van der Waals surface area contributed by atoms with Crippen LogP contribution in [0.1, 0.15) is 37.5 Å². The first-order valence-electron chi connectivity index (χ1n) is 7.26. The predicted molar refractivity (Wildman–Crippen MR) is 92.8 cm³/mol. The second-order valence-electron chi connectivity index (χ2n) is 5.82. The van der Waals surface area contributed by atoms with Gasteiger partial charge in [-0.15, -0.1) is 0 Å². The molecule has 3 N–H and O–H groups in total. The van der Waals surface area contributed by atoms with E-state index in [0.717, 1.165) is 17.1 Å². The van der Waals surface area contributed by atoms with Gasteiger partial charge in [0.15, 0.2) is 0 Å². The van der Waals surface area contributed by atoms with Gasteiger partial charge in [0.2, 0.25) is 0 Å². The van der Waals surface area contributed by atoms with Crippen molar-refractivity contribution in [1.82, 2.24) is 5.01 Å². The van der Waals surface area contributed by atoms with Crippen LogP contribution in [0, 0.1) is 20.8 Å². The van der Waals surface area contributed by atoms with E-state index < -0.39 is 10.1 Å². The molecule has 1 unspecified atom stereocenters. The Morgan fingerprint density at radius 1 is 1.13 bits per heavy atom. The van der Waals surface area contributed by atoms with E-state index in [2.05, 4.69) is 4.99 Å². The molecule has 2 rings (SSSR count). The zero-order valence-electron chi connectivity index (χ0n) is 14.5.